The summed E-state index contributed by atoms with van der Waals surface area (Å²) in [6, 6.07) is 5.08. The van der Waals surface area contributed by atoms with E-state index in [4.69, 9.17) is 0 Å². The first kappa shape index (κ1) is 15.3. The number of nitrogens with one attached hydrogen (secondary N) is 1. The van der Waals surface area contributed by atoms with Gasteiger partial charge in [0.05, 0.1) is 4.92 Å². The molecular formula is C13H14N2O5S. The van der Waals surface area contributed by atoms with E-state index >= 15 is 0 Å². The van der Waals surface area contributed by atoms with Gasteiger partial charge in [0.25, 0.3) is 11.6 Å². The molecule has 0 radical (unpaired) electrons. The van der Waals surface area contributed by atoms with Gasteiger partial charge in [-0.15, -0.1) is 0 Å². The summed E-state index contributed by atoms with van der Waals surface area (Å²) in [5.41, 5.74) is -1.16. The third-order valence-electron chi connectivity index (χ3n) is 3.45. The van der Waals surface area contributed by atoms with Crippen LogP contribution < -0.4 is 5.32 Å². The van der Waals surface area contributed by atoms with Gasteiger partial charge in [-0.1, -0.05) is 0 Å². The highest BCUT2D eigenvalue weighted by atomic mass is 32.2. The molecule has 0 spiro atoms. The average molecular weight is 310 g/mol. The van der Waals surface area contributed by atoms with Crippen LogP contribution in [0, 0.1) is 10.1 Å². The number of non-ortho nitro benzene ring substituents is 1. The minimum Gasteiger partial charge on any atom is -0.480 e. The van der Waals surface area contributed by atoms with Gasteiger partial charge in [0.1, 0.15) is 5.54 Å². The van der Waals surface area contributed by atoms with Gasteiger partial charge < -0.3 is 10.4 Å². The zero-order valence-corrected chi connectivity index (χ0v) is 11.9. The quantitative estimate of drug-likeness (QED) is 0.646. The Labute approximate surface area is 124 Å². The van der Waals surface area contributed by atoms with Crippen LogP contribution in [0.3, 0.4) is 0 Å². The van der Waals surface area contributed by atoms with Crippen LogP contribution in [-0.4, -0.2) is 39.0 Å². The lowest BCUT2D eigenvalue weighted by Gasteiger charge is -2.33. The fourth-order valence-corrected chi connectivity index (χ4v) is 3.33. The molecule has 1 aromatic carbocycles. The van der Waals surface area contributed by atoms with Gasteiger partial charge >= 0.3 is 5.97 Å². The highest BCUT2D eigenvalue weighted by molar-refractivity contribution is 7.99. The average Bonchev–Trinajstić information content (AvgIpc) is 2.48. The molecule has 0 unspecified atom stereocenters. The van der Waals surface area contributed by atoms with E-state index in [1.54, 1.807) is 11.8 Å². The van der Waals surface area contributed by atoms with Crippen LogP contribution in [0.4, 0.5) is 5.69 Å². The molecule has 0 saturated carbocycles. The smallest absolute Gasteiger partial charge is 0.329 e. The van der Waals surface area contributed by atoms with Crippen molar-refractivity contribution in [2.24, 2.45) is 0 Å². The van der Waals surface area contributed by atoms with Gasteiger partial charge in [-0.05, 0) is 36.5 Å². The minimum absolute atomic E-state index is 0.117. The summed E-state index contributed by atoms with van der Waals surface area (Å²) < 4.78 is 0. The monoisotopic (exact) mass is 310 g/mol. The van der Waals surface area contributed by atoms with E-state index in [0.717, 1.165) is 0 Å². The topological polar surface area (TPSA) is 110 Å². The molecule has 7 nitrogen and oxygen atoms in total. The standard InChI is InChI=1S/C13H14N2O5S/c16-11(9-1-3-10(4-2-9)15(19)20)14-13(12(17)18)5-7-21-8-6-13/h1-4H,5-8H2,(H,14,16)(H,17,18). The number of carboxylic acids is 1. The zero-order chi connectivity index (χ0) is 15.5. The molecule has 2 N–H and O–H groups in total. The van der Waals surface area contributed by atoms with Crippen molar-refractivity contribution in [3.8, 4) is 0 Å². The SMILES string of the molecule is O=C(NC1(C(=O)O)CCSCC1)c1ccc([N+](=O)[O-])cc1. The second-order valence-electron chi connectivity index (χ2n) is 4.76. The summed E-state index contributed by atoms with van der Waals surface area (Å²) >= 11 is 1.65. The Morgan fingerprint density at radius 2 is 1.81 bits per heavy atom. The first-order valence-corrected chi connectivity index (χ1v) is 7.48. The van der Waals surface area contributed by atoms with E-state index in [1.165, 1.54) is 24.3 Å². The second kappa shape index (κ2) is 6.13. The third-order valence-corrected chi connectivity index (χ3v) is 4.43. The van der Waals surface area contributed by atoms with E-state index in [-0.39, 0.29) is 11.3 Å². The Morgan fingerprint density at radius 3 is 2.29 bits per heavy atom. The molecule has 1 fully saturated rings. The molecule has 0 aliphatic carbocycles. The number of carboxylic acid groups (broad SMARTS) is 1. The van der Waals surface area contributed by atoms with Crippen molar-refractivity contribution in [1.29, 1.82) is 0 Å². The fraction of sp³-hybridized carbons (Fsp3) is 0.385. The Balaban J connectivity index is 2.15. The lowest BCUT2D eigenvalue weighted by Crippen LogP contribution is -2.56. The molecule has 21 heavy (non-hydrogen) atoms. The lowest BCUT2D eigenvalue weighted by molar-refractivity contribution is -0.384. The summed E-state index contributed by atoms with van der Waals surface area (Å²) in [4.78, 5) is 33.6. The number of carbonyl (C=O) groups is 2. The van der Waals surface area contributed by atoms with Gasteiger partial charge in [0.15, 0.2) is 0 Å². The summed E-state index contributed by atoms with van der Waals surface area (Å²) in [5.74, 6) is -0.225. The van der Waals surface area contributed by atoms with Gasteiger partial charge in [0, 0.05) is 17.7 Å². The molecule has 1 amide bonds. The Bertz CT molecular complexity index is 566. The van der Waals surface area contributed by atoms with Crippen molar-refractivity contribution in [2.75, 3.05) is 11.5 Å². The molecule has 0 atom stereocenters. The number of amides is 1. The van der Waals surface area contributed by atoms with Crippen LogP contribution in [0.5, 0.6) is 0 Å². The summed E-state index contributed by atoms with van der Waals surface area (Å²) in [6.45, 7) is 0. The van der Waals surface area contributed by atoms with Crippen LogP contribution >= 0.6 is 11.8 Å². The summed E-state index contributed by atoms with van der Waals surface area (Å²) in [7, 11) is 0. The van der Waals surface area contributed by atoms with Crippen molar-refractivity contribution in [3.63, 3.8) is 0 Å². The van der Waals surface area contributed by atoms with Crippen molar-refractivity contribution in [3.05, 3.63) is 39.9 Å². The molecule has 1 heterocycles. The number of benzene rings is 1. The molecule has 2 rings (SSSR count). The lowest BCUT2D eigenvalue weighted by atomic mass is 9.92. The maximum absolute atomic E-state index is 12.2. The maximum Gasteiger partial charge on any atom is 0.329 e. The number of rotatable bonds is 4. The number of aliphatic carboxylic acids is 1. The molecule has 112 valence electrons. The summed E-state index contributed by atoms with van der Waals surface area (Å²) in [6.07, 6.45) is 0.734. The van der Waals surface area contributed by atoms with E-state index < -0.39 is 22.3 Å². The number of carbonyl (C=O) groups excluding carboxylic acids is 1. The van der Waals surface area contributed by atoms with Crippen molar-refractivity contribution >= 4 is 29.3 Å². The van der Waals surface area contributed by atoms with E-state index in [9.17, 15) is 24.8 Å². The van der Waals surface area contributed by atoms with Crippen LogP contribution in [-0.2, 0) is 4.79 Å². The number of nitrogens with zero attached hydrogens (tertiary/aromatic N) is 1. The molecule has 0 bridgehead atoms. The molecular weight excluding hydrogens is 296 g/mol. The van der Waals surface area contributed by atoms with Gasteiger partial charge in [-0.2, -0.15) is 11.8 Å². The fourth-order valence-electron chi connectivity index (χ4n) is 2.14. The van der Waals surface area contributed by atoms with Crippen molar-refractivity contribution in [1.82, 2.24) is 5.32 Å². The maximum atomic E-state index is 12.2. The van der Waals surface area contributed by atoms with Gasteiger partial charge in [-0.3, -0.25) is 14.9 Å². The predicted octanol–water partition coefficient (Wildman–Crippen LogP) is 1.68. The molecule has 1 aliphatic heterocycles. The zero-order valence-electron chi connectivity index (χ0n) is 11.1. The van der Waals surface area contributed by atoms with Gasteiger partial charge in [0.2, 0.25) is 0 Å². The molecule has 8 heteroatoms. The first-order valence-electron chi connectivity index (χ1n) is 6.33. The Kier molecular flexibility index (Phi) is 4.46. The summed E-state index contributed by atoms with van der Waals surface area (Å²) in [5, 5.41) is 22.5. The largest absolute Gasteiger partial charge is 0.480 e. The molecule has 1 aromatic rings. The van der Waals surface area contributed by atoms with Crippen LogP contribution in [0.25, 0.3) is 0 Å². The molecule has 1 saturated heterocycles. The van der Waals surface area contributed by atoms with E-state index in [2.05, 4.69) is 5.32 Å². The van der Waals surface area contributed by atoms with Crippen molar-refractivity contribution < 1.29 is 19.6 Å². The number of nitro benzene ring substituents is 1. The number of nitro groups is 1. The number of thioether (sulfide) groups is 1. The second-order valence-corrected chi connectivity index (χ2v) is 5.98. The number of hydrogen-bond donors (Lipinski definition) is 2. The molecule has 0 aromatic heterocycles. The van der Waals surface area contributed by atoms with Crippen LogP contribution in [0.15, 0.2) is 24.3 Å². The minimum atomic E-state index is -1.25. The van der Waals surface area contributed by atoms with Crippen LogP contribution in [0.1, 0.15) is 23.2 Å². The van der Waals surface area contributed by atoms with Crippen LogP contribution in [0.2, 0.25) is 0 Å². The Morgan fingerprint density at radius 1 is 1.24 bits per heavy atom. The third kappa shape index (κ3) is 3.33. The highest BCUT2D eigenvalue weighted by Crippen LogP contribution is 2.28. The number of hydrogen-bond acceptors (Lipinski definition) is 5. The van der Waals surface area contributed by atoms with E-state index in [0.29, 0.717) is 24.3 Å². The van der Waals surface area contributed by atoms with E-state index in [1.807, 2.05) is 0 Å². The molecule has 1 aliphatic rings. The highest BCUT2D eigenvalue weighted by Gasteiger charge is 2.41. The van der Waals surface area contributed by atoms with Crippen molar-refractivity contribution in [2.45, 2.75) is 18.4 Å². The first-order chi connectivity index (χ1) is 9.94. The Hall–Kier alpha value is -2.09. The van der Waals surface area contributed by atoms with Gasteiger partial charge in [-0.25, -0.2) is 4.79 Å². The normalized spacial score (nSPS) is 17.0. The predicted molar refractivity (Wildman–Crippen MR) is 77.5 cm³/mol.